The first-order chi connectivity index (χ1) is 9.78. The zero-order chi connectivity index (χ0) is 14.4. The fourth-order valence-electron chi connectivity index (χ4n) is 3.04. The highest BCUT2D eigenvalue weighted by molar-refractivity contribution is 8.00. The first-order valence-corrected chi connectivity index (χ1v) is 8.35. The lowest BCUT2D eigenvalue weighted by atomic mass is 9.80. The molecule has 3 unspecified atom stereocenters. The number of thioether (sulfide) groups is 1. The van der Waals surface area contributed by atoms with Crippen LogP contribution in [0.4, 0.5) is 0 Å². The Morgan fingerprint density at radius 2 is 2.15 bits per heavy atom. The third-order valence-corrected chi connectivity index (χ3v) is 5.53. The second-order valence-electron chi connectivity index (χ2n) is 5.51. The van der Waals surface area contributed by atoms with E-state index in [-0.39, 0.29) is 5.92 Å². The van der Waals surface area contributed by atoms with Crippen molar-refractivity contribution in [3.05, 3.63) is 24.3 Å². The van der Waals surface area contributed by atoms with Gasteiger partial charge in [-0.2, -0.15) is 5.26 Å². The van der Waals surface area contributed by atoms with E-state index in [2.05, 4.69) is 19.1 Å². The Hall–Kier alpha value is -1.14. The Kier molecular flexibility index (Phi) is 5.79. The molecule has 0 saturated heterocycles. The normalized spacial score (nSPS) is 25.9. The fourth-order valence-corrected chi connectivity index (χ4v) is 4.52. The van der Waals surface area contributed by atoms with Gasteiger partial charge in [-0.3, -0.25) is 0 Å². The van der Waals surface area contributed by atoms with E-state index in [1.165, 1.54) is 19.3 Å². The Morgan fingerprint density at radius 1 is 1.35 bits per heavy atom. The van der Waals surface area contributed by atoms with Crippen molar-refractivity contribution in [1.82, 2.24) is 0 Å². The molecule has 1 saturated carbocycles. The lowest BCUT2D eigenvalue weighted by molar-refractivity contribution is 0.306. The number of ether oxygens (including phenoxy) is 1. The number of rotatable bonds is 5. The van der Waals surface area contributed by atoms with Crippen LogP contribution in [0.25, 0.3) is 0 Å². The molecule has 0 bridgehead atoms. The second-order valence-corrected chi connectivity index (χ2v) is 6.79. The largest absolute Gasteiger partial charge is 0.496 e. The maximum atomic E-state index is 9.39. The first-order valence-electron chi connectivity index (χ1n) is 7.47. The number of hydrogen-bond acceptors (Lipinski definition) is 3. The lowest BCUT2D eigenvalue weighted by Gasteiger charge is -2.32. The van der Waals surface area contributed by atoms with Crippen LogP contribution in [-0.2, 0) is 0 Å². The molecule has 0 aliphatic heterocycles. The van der Waals surface area contributed by atoms with E-state index >= 15 is 0 Å². The summed E-state index contributed by atoms with van der Waals surface area (Å²) in [6.45, 7) is 2.25. The molecule has 0 amide bonds. The maximum absolute atomic E-state index is 9.39. The van der Waals surface area contributed by atoms with Crippen molar-refractivity contribution in [2.75, 3.05) is 7.11 Å². The number of benzene rings is 1. The molecule has 2 nitrogen and oxygen atoms in total. The Labute approximate surface area is 126 Å². The summed E-state index contributed by atoms with van der Waals surface area (Å²) in [5.74, 6) is 1.89. The summed E-state index contributed by atoms with van der Waals surface area (Å²) >= 11 is 1.83. The first kappa shape index (κ1) is 15.3. The van der Waals surface area contributed by atoms with Crippen LogP contribution in [0.1, 0.15) is 39.0 Å². The predicted octanol–water partition coefficient (Wildman–Crippen LogP) is 4.90. The van der Waals surface area contributed by atoms with Crippen molar-refractivity contribution in [2.24, 2.45) is 11.8 Å². The maximum Gasteiger partial charge on any atom is 0.132 e. The monoisotopic (exact) mass is 289 g/mol. The Bertz CT molecular complexity index is 468. The SMILES string of the molecule is CCCC1CCC(C#N)C(Sc2ccccc2OC)C1. The lowest BCUT2D eigenvalue weighted by Crippen LogP contribution is -2.26. The summed E-state index contributed by atoms with van der Waals surface area (Å²) in [6.07, 6.45) is 5.97. The predicted molar refractivity (Wildman–Crippen MR) is 84.0 cm³/mol. The van der Waals surface area contributed by atoms with Crippen molar-refractivity contribution in [3.63, 3.8) is 0 Å². The summed E-state index contributed by atoms with van der Waals surface area (Å²) in [5, 5.41) is 9.79. The van der Waals surface area contributed by atoms with Crippen LogP contribution in [0, 0.1) is 23.2 Å². The third kappa shape index (κ3) is 3.70. The van der Waals surface area contributed by atoms with Crippen LogP contribution in [-0.4, -0.2) is 12.4 Å². The van der Waals surface area contributed by atoms with Crippen LogP contribution in [0.2, 0.25) is 0 Å². The van der Waals surface area contributed by atoms with Crippen molar-refractivity contribution < 1.29 is 4.74 Å². The van der Waals surface area contributed by atoms with Gasteiger partial charge in [0.2, 0.25) is 0 Å². The zero-order valence-electron chi connectivity index (χ0n) is 12.3. The quantitative estimate of drug-likeness (QED) is 0.773. The van der Waals surface area contributed by atoms with Gasteiger partial charge in [0.15, 0.2) is 0 Å². The van der Waals surface area contributed by atoms with Gasteiger partial charge in [0, 0.05) is 10.1 Å². The number of para-hydroxylation sites is 1. The second kappa shape index (κ2) is 7.59. The molecule has 1 aliphatic carbocycles. The summed E-state index contributed by atoms with van der Waals surface area (Å²) < 4.78 is 5.43. The van der Waals surface area contributed by atoms with Gasteiger partial charge in [0.05, 0.1) is 19.1 Å². The number of hydrogen-bond donors (Lipinski definition) is 0. The van der Waals surface area contributed by atoms with Crippen LogP contribution >= 0.6 is 11.8 Å². The standard InChI is InChI=1S/C17H23NOS/c1-3-6-13-9-10-14(12-18)17(11-13)20-16-8-5-4-7-15(16)19-2/h4-5,7-8,13-14,17H,3,6,9-11H2,1-2H3. The van der Waals surface area contributed by atoms with Gasteiger partial charge in [-0.1, -0.05) is 31.9 Å². The third-order valence-electron chi connectivity index (χ3n) is 4.11. The highest BCUT2D eigenvalue weighted by Crippen LogP contribution is 2.43. The fraction of sp³-hybridized carbons (Fsp3) is 0.588. The molecule has 0 N–H and O–H groups in total. The molecule has 1 fully saturated rings. The highest BCUT2D eigenvalue weighted by Gasteiger charge is 2.31. The molecule has 1 aliphatic rings. The highest BCUT2D eigenvalue weighted by atomic mass is 32.2. The molecular weight excluding hydrogens is 266 g/mol. The van der Waals surface area contributed by atoms with Gasteiger partial charge < -0.3 is 4.74 Å². The molecule has 1 aromatic carbocycles. The molecule has 2 rings (SSSR count). The van der Waals surface area contributed by atoms with Crippen LogP contribution in [0.15, 0.2) is 29.2 Å². The van der Waals surface area contributed by atoms with Gasteiger partial charge >= 0.3 is 0 Å². The van der Waals surface area contributed by atoms with Gasteiger partial charge in [0.25, 0.3) is 0 Å². The molecule has 3 heteroatoms. The molecule has 20 heavy (non-hydrogen) atoms. The van der Waals surface area contributed by atoms with E-state index in [4.69, 9.17) is 4.74 Å². The zero-order valence-corrected chi connectivity index (χ0v) is 13.2. The summed E-state index contributed by atoms with van der Waals surface area (Å²) in [6, 6.07) is 10.6. The minimum atomic E-state index is 0.179. The number of nitrogens with zero attached hydrogens (tertiary/aromatic N) is 1. The van der Waals surface area contributed by atoms with E-state index < -0.39 is 0 Å². The smallest absolute Gasteiger partial charge is 0.132 e. The summed E-state index contributed by atoms with van der Waals surface area (Å²) in [4.78, 5) is 1.16. The minimum Gasteiger partial charge on any atom is -0.496 e. The minimum absolute atomic E-state index is 0.179. The van der Waals surface area contributed by atoms with Gasteiger partial charge in [-0.25, -0.2) is 0 Å². The van der Waals surface area contributed by atoms with Crippen molar-refractivity contribution >= 4 is 11.8 Å². The Balaban J connectivity index is 2.09. The molecule has 0 radical (unpaired) electrons. The molecule has 3 atom stereocenters. The van der Waals surface area contributed by atoms with E-state index in [1.807, 2.05) is 30.0 Å². The van der Waals surface area contributed by atoms with E-state index in [0.29, 0.717) is 5.25 Å². The van der Waals surface area contributed by atoms with Crippen LogP contribution in [0.3, 0.4) is 0 Å². The summed E-state index contributed by atoms with van der Waals surface area (Å²) in [5.41, 5.74) is 0. The van der Waals surface area contributed by atoms with E-state index in [1.54, 1.807) is 7.11 Å². The molecule has 0 heterocycles. The average Bonchev–Trinajstić information content (AvgIpc) is 2.48. The average molecular weight is 289 g/mol. The molecule has 108 valence electrons. The van der Waals surface area contributed by atoms with E-state index in [0.717, 1.165) is 29.4 Å². The van der Waals surface area contributed by atoms with Gasteiger partial charge in [-0.05, 0) is 37.3 Å². The van der Waals surface area contributed by atoms with Crippen LogP contribution in [0.5, 0.6) is 5.75 Å². The van der Waals surface area contributed by atoms with Crippen molar-refractivity contribution in [3.8, 4) is 11.8 Å². The van der Waals surface area contributed by atoms with Gasteiger partial charge in [-0.15, -0.1) is 11.8 Å². The van der Waals surface area contributed by atoms with Crippen molar-refractivity contribution in [2.45, 2.75) is 49.2 Å². The Morgan fingerprint density at radius 3 is 2.85 bits per heavy atom. The number of nitriles is 1. The molecule has 0 spiro atoms. The topological polar surface area (TPSA) is 33.0 Å². The molecular formula is C17H23NOS. The van der Waals surface area contributed by atoms with Crippen molar-refractivity contribution in [1.29, 1.82) is 5.26 Å². The molecule has 0 aromatic heterocycles. The number of methoxy groups -OCH3 is 1. The summed E-state index contributed by atoms with van der Waals surface area (Å²) in [7, 11) is 1.71. The molecule has 1 aromatic rings. The van der Waals surface area contributed by atoms with Gasteiger partial charge in [0.1, 0.15) is 5.75 Å². The van der Waals surface area contributed by atoms with E-state index in [9.17, 15) is 5.26 Å². The van der Waals surface area contributed by atoms with Crippen LogP contribution < -0.4 is 4.74 Å².